The van der Waals surface area contributed by atoms with E-state index in [2.05, 4.69) is 15.4 Å². The molecule has 1 saturated heterocycles. The quantitative estimate of drug-likeness (QED) is 0.714. The molecule has 1 fully saturated rings. The van der Waals surface area contributed by atoms with Gasteiger partial charge in [-0.2, -0.15) is 5.10 Å². The van der Waals surface area contributed by atoms with Gasteiger partial charge in [0.05, 0.1) is 14.2 Å². The number of fused-ring (bicyclic) bond motifs is 1. The standard InChI is InChI=1S/C19H23N5O3/c1-25-15-9-13(10-16(12-15)26-2)11-17-22-19-18(20-5-6-24(19)23-17)21-14-3-7-27-8-4-14/h5-6,9-10,12,14H,3-4,7-8,11H2,1-2H3,(H,20,21). The molecule has 0 bridgehead atoms. The Balaban J connectivity index is 1.59. The van der Waals surface area contributed by atoms with Crippen LogP contribution in [0.1, 0.15) is 24.2 Å². The van der Waals surface area contributed by atoms with E-state index >= 15 is 0 Å². The van der Waals surface area contributed by atoms with E-state index in [1.165, 1.54) is 0 Å². The highest BCUT2D eigenvalue weighted by Crippen LogP contribution is 2.24. The van der Waals surface area contributed by atoms with Crippen LogP contribution < -0.4 is 14.8 Å². The second-order valence-corrected chi connectivity index (χ2v) is 6.50. The van der Waals surface area contributed by atoms with E-state index in [0.29, 0.717) is 18.3 Å². The molecule has 1 aromatic carbocycles. The molecule has 1 aliphatic heterocycles. The highest BCUT2D eigenvalue weighted by Gasteiger charge is 2.17. The van der Waals surface area contributed by atoms with Gasteiger partial charge in [-0.15, -0.1) is 0 Å². The van der Waals surface area contributed by atoms with Crippen LogP contribution in [0.2, 0.25) is 0 Å². The highest BCUT2D eigenvalue weighted by atomic mass is 16.5. The Labute approximate surface area is 157 Å². The molecule has 0 unspecified atom stereocenters. The van der Waals surface area contributed by atoms with Crippen molar-refractivity contribution in [3.8, 4) is 11.5 Å². The van der Waals surface area contributed by atoms with Crippen molar-refractivity contribution in [1.82, 2.24) is 19.6 Å². The lowest BCUT2D eigenvalue weighted by atomic mass is 10.1. The molecule has 142 valence electrons. The van der Waals surface area contributed by atoms with Crippen LogP contribution >= 0.6 is 0 Å². The third-order valence-electron chi connectivity index (χ3n) is 4.63. The summed E-state index contributed by atoms with van der Waals surface area (Å²) in [5, 5.41) is 8.08. The molecule has 0 spiro atoms. The predicted octanol–water partition coefficient (Wildman–Crippen LogP) is 2.32. The Kier molecular flexibility index (Phi) is 5.06. The predicted molar refractivity (Wildman–Crippen MR) is 101 cm³/mol. The minimum atomic E-state index is 0.347. The number of nitrogens with one attached hydrogen (secondary N) is 1. The minimum absolute atomic E-state index is 0.347. The average molecular weight is 369 g/mol. The van der Waals surface area contributed by atoms with Crippen LogP contribution in [-0.4, -0.2) is 53.1 Å². The number of anilines is 1. The number of rotatable bonds is 6. The molecule has 0 radical (unpaired) electrons. The lowest BCUT2D eigenvalue weighted by molar-refractivity contribution is 0.0904. The number of ether oxygens (including phenoxy) is 3. The van der Waals surface area contributed by atoms with E-state index in [1.807, 2.05) is 24.4 Å². The van der Waals surface area contributed by atoms with Crippen molar-refractivity contribution < 1.29 is 14.2 Å². The minimum Gasteiger partial charge on any atom is -0.497 e. The molecule has 27 heavy (non-hydrogen) atoms. The van der Waals surface area contributed by atoms with E-state index in [4.69, 9.17) is 19.2 Å². The smallest absolute Gasteiger partial charge is 0.198 e. The number of benzene rings is 1. The van der Waals surface area contributed by atoms with Crippen LogP contribution in [0.3, 0.4) is 0 Å². The number of hydrogen-bond donors (Lipinski definition) is 1. The summed E-state index contributed by atoms with van der Waals surface area (Å²) >= 11 is 0. The second kappa shape index (κ2) is 7.79. The first kappa shape index (κ1) is 17.5. The van der Waals surface area contributed by atoms with Gasteiger partial charge >= 0.3 is 0 Å². The van der Waals surface area contributed by atoms with Crippen molar-refractivity contribution in [2.24, 2.45) is 0 Å². The first-order chi connectivity index (χ1) is 13.2. The fourth-order valence-corrected chi connectivity index (χ4v) is 3.22. The van der Waals surface area contributed by atoms with Crippen molar-refractivity contribution in [1.29, 1.82) is 0 Å². The van der Waals surface area contributed by atoms with Crippen molar-refractivity contribution in [2.75, 3.05) is 32.8 Å². The molecule has 3 heterocycles. The van der Waals surface area contributed by atoms with Gasteiger partial charge in [0.1, 0.15) is 11.5 Å². The Hall–Kier alpha value is -2.87. The highest BCUT2D eigenvalue weighted by molar-refractivity contribution is 5.62. The summed E-state index contributed by atoms with van der Waals surface area (Å²) in [6.45, 7) is 1.55. The van der Waals surface area contributed by atoms with Crippen molar-refractivity contribution in [3.05, 3.63) is 42.0 Å². The van der Waals surface area contributed by atoms with Crippen LogP contribution in [0.15, 0.2) is 30.6 Å². The number of methoxy groups -OCH3 is 2. The maximum Gasteiger partial charge on any atom is 0.198 e. The zero-order valence-electron chi connectivity index (χ0n) is 15.5. The van der Waals surface area contributed by atoms with Gasteiger partial charge in [-0.25, -0.2) is 14.5 Å². The molecule has 8 heteroatoms. The van der Waals surface area contributed by atoms with Crippen molar-refractivity contribution >= 4 is 11.5 Å². The van der Waals surface area contributed by atoms with Crippen LogP contribution in [0.25, 0.3) is 5.65 Å². The Morgan fingerprint density at radius 1 is 1.15 bits per heavy atom. The Morgan fingerprint density at radius 2 is 1.89 bits per heavy atom. The molecule has 8 nitrogen and oxygen atoms in total. The zero-order valence-corrected chi connectivity index (χ0v) is 15.5. The van der Waals surface area contributed by atoms with Gasteiger partial charge in [0.15, 0.2) is 17.3 Å². The molecule has 0 aliphatic carbocycles. The largest absolute Gasteiger partial charge is 0.497 e. The van der Waals surface area contributed by atoms with Crippen LogP contribution in [0, 0.1) is 0 Å². The molecule has 1 aliphatic rings. The molecule has 0 amide bonds. The molecule has 2 aromatic heterocycles. The van der Waals surface area contributed by atoms with Gasteiger partial charge in [0.25, 0.3) is 0 Å². The molecule has 4 rings (SSSR count). The maximum atomic E-state index is 5.42. The normalized spacial score (nSPS) is 15.0. The summed E-state index contributed by atoms with van der Waals surface area (Å²) < 4.78 is 17.9. The van der Waals surface area contributed by atoms with Crippen LogP contribution in [-0.2, 0) is 11.2 Å². The van der Waals surface area contributed by atoms with Crippen LogP contribution in [0.5, 0.6) is 11.5 Å². The summed E-state index contributed by atoms with van der Waals surface area (Å²) in [4.78, 5) is 9.16. The summed E-state index contributed by atoms with van der Waals surface area (Å²) in [5.74, 6) is 2.97. The lowest BCUT2D eigenvalue weighted by Gasteiger charge is -2.23. The maximum absolute atomic E-state index is 5.42. The average Bonchev–Trinajstić information content (AvgIpc) is 3.12. The summed E-state index contributed by atoms with van der Waals surface area (Å²) in [6, 6.07) is 6.13. The molecular formula is C19H23N5O3. The molecule has 0 atom stereocenters. The van der Waals surface area contributed by atoms with E-state index < -0.39 is 0 Å². The van der Waals surface area contributed by atoms with Crippen molar-refractivity contribution in [3.63, 3.8) is 0 Å². The first-order valence-corrected chi connectivity index (χ1v) is 9.01. The Morgan fingerprint density at radius 3 is 2.59 bits per heavy atom. The third kappa shape index (κ3) is 3.95. The van der Waals surface area contributed by atoms with E-state index in [9.17, 15) is 0 Å². The van der Waals surface area contributed by atoms with Gasteiger partial charge in [0, 0.05) is 44.1 Å². The van der Waals surface area contributed by atoms with Crippen LogP contribution in [0.4, 0.5) is 5.82 Å². The summed E-state index contributed by atoms with van der Waals surface area (Å²) in [5.41, 5.74) is 1.75. The summed E-state index contributed by atoms with van der Waals surface area (Å²) in [7, 11) is 3.28. The molecule has 0 saturated carbocycles. The second-order valence-electron chi connectivity index (χ2n) is 6.50. The van der Waals surface area contributed by atoms with Gasteiger partial charge in [-0.05, 0) is 30.5 Å². The van der Waals surface area contributed by atoms with E-state index in [1.54, 1.807) is 24.9 Å². The monoisotopic (exact) mass is 369 g/mol. The number of hydrogen-bond acceptors (Lipinski definition) is 7. The third-order valence-corrected chi connectivity index (χ3v) is 4.63. The topological polar surface area (TPSA) is 82.8 Å². The SMILES string of the molecule is COc1cc(Cc2nc3c(NC4CCOCC4)nccn3n2)cc(OC)c1. The molecular weight excluding hydrogens is 346 g/mol. The van der Waals surface area contributed by atoms with Gasteiger partial charge in [0.2, 0.25) is 0 Å². The van der Waals surface area contributed by atoms with E-state index in [0.717, 1.165) is 54.6 Å². The lowest BCUT2D eigenvalue weighted by Crippen LogP contribution is -2.28. The first-order valence-electron chi connectivity index (χ1n) is 9.01. The van der Waals surface area contributed by atoms with E-state index in [-0.39, 0.29) is 0 Å². The Bertz CT molecular complexity index is 899. The fraction of sp³-hybridized carbons (Fsp3) is 0.421. The summed E-state index contributed by atoms with van der Waals surface area (Å²) in [6.07, 6.45) is 6.06. The molecule has 3 aromatic rings. The number of nitrogens with zero attached hydrogens (tertiary/aromatic N) is 4. The fourth-order valence-electron chi connectivity index (χ4n) is 3.22. The van der Waals surface area contributed by atoms with Gasteiger partial charge < -0.3 is 19.5 Å². The number of aromatic nitrogens is 4. The zero-order chi connectivity index (χ0) is 18.6. The van der Waals surface area contributed by atoms with Crippen molar-refractivity contribution in [2.45, 2.75) is 25.3 Å². The van der Waals surface area contributed by atoms with Gasteiger partial charge in [-0.1, -0.05) is 0 Å². The van der Waals surface area contributed by atoms with Gasteiger partial charge in [-0.3, -0.25) is 0 Å². The molecule has 1 N–H and O–H groups in total.